The first-order valence-electron chi connectivity index (χ1n) is 16.6. The summed E-state index contributed by atoms with van der Waals surface area (Å²) in [6.07, 6.45) is 1.85. The minimum atomic E-state index is -4.15. The van der Waals surface area contributed by atoms with Crippen molar-refractivity contribution in [2.24, 2.45) is 0 Å². The molecule has 0 bridgehead atoms. The van der Waals surface area contributed by atoms with Gasteiger partial charge in [-0.3, -0.25) is 4.18 Å². The third kappa shape index (κ3) is 6.09. The fourth-order valence-corrected chi connectivity index (χ4v) is 8.22. The van der Waals surface area contributed by atoms with Crippen molar-refractivity contribution in [2.45, 2.75) is 82.8 Å². The third-order valence-corrected chi connectivity index (χ3v) is 10.5. The van der Waals surface area contributed by atoms with E-state index in [-0.39, 0.29) is 26.0 Å². The fourth-order valence-electron chi connectivity index (χ4n) is 7.42. The molecule has 3 aromatic rings. The highest BCUT2D eigenvalue weighted by molar-refractivity contribution is 7.84. The van der Waals surface area contributed by atoms with Crippen LogP contribution in [0.15, 0.2) is 36.5 Å². The Hall–Kier alpha value is -3.28. The van der Waals surface area contributed by atoms with Crippen molar-refractivity contribution in [3.63, 3.8) is 0 Å². The van der Waals surface area contributed by atoms with Crippen molar-refractivity contribution in [1.82, 2.24) is 4.72 Å². The summed E-state index contributed by atoms with van der Waals surface area (Å²) in [6, 6.07) is 10.3. The highest BCUT2D eigenvalue weighted by atomic mass is 32.2. The Balaban J connectivity index is 0.910. The maximum Gasteiger partial charge on any atom is 0.336 e. The molecule has 1 unspecified atom stereocenters. The van der Waals surface area contributed by atoms with Gasteiger partial charge in [0.15, 0.2) is 35.8 Å². The summed E-state index contributed by atoms with van der Waals surface area (Å²) in [6.45, 7) is 8.49. The van der Waals surface area contributed by atoms with Crippen molar-refractivity contribution >= 4 is 26.8 Å². The predicted octanol–water partition coefficient (Wildman–Crippen LogP) is 3.14. The molecule has 0 saturated carbocycles. The van der Waals surface area contributed by atoms with Crippen LogP contribution in [0, 0.1) is 0 Å². The lowest BCUT2D eigenvalue weighted by atomic mass is 9.95. The number of aryl methyl sites for hydroxylation is 2. The minimum Gasteiger partial charge on any atom is -0.495 e. The summed E-state index contributed by atoms with van der Waals surface area (Å²) in [4.78, 5) is 0. The van der Waals surface area contributed by atoms with Gasteiger partial charge in [0.25, 0.3) is 0 Å². The molecule has 264 valence electrons. The largest absolute Gasteiger partial charge is 0.495 e. The molecule has 49 heavy (non-hydrogen) atoms. The molecule has 2 aromatic carbocycles. The zero-order valence-corrected chi connectivity index (χ0v) is 29.0. The van der Waals surface area contributed by atoms with E-state index < -0.39 is 46.5 Å². The number of hydrogen-bond acceptors (Lipinski definition) is 12. The van der Waals surface area contributed by atoms with Gasteiger partial charge in [-0.1, -0.05) is 6.07 Å². The van der Waals surface area contributed by atoms with Crippen molar-refractivity contribution < 1.29 is 55.1 Å². The lowest BCUT2D eigenvalue weighted by molar-refractivity contribution is -0.686. The Morgan fingerprint density at radius 3 is 2.63 bits per heavy atom. The van der Waals surface area contributed by atoms with E-state index in [0.29, 0.717) is 18.7 Å². The summed E-state index contributed by atoms with van der Waals surface area (Å²) in [5.74, 6) is -1.10. The maximum absolute atomic E-state index is 12.9. The highest BCUT2D eigenvalue weighted by Crippen LogP contribution is 2.48. The highest BCUT2D eigenvalue weighted by Gasteiger charge is 2.65. The molecule has 6 heterocycles. The van der Waals surface area contributed by atoms with Crippen LogP contribution in [0.4, 0.5) is 5.69 Å². The predicted molar refractivity (Wildman–Crippen MR) is 174 cm³/mol. The second kappa shape index (κ2) is 11.9. The Kier molecular flexibility index (Phi) is 8.00. The number of nitrogens with zero attached hydrogens (tertiary/aromatic N) is 1. The number of aromatic nitrogens is 1. The van der Waals surface area contributed by atoms with Crippen LogP contribution in [-0.4, -0.2) is 84.3 Å². The maximum atomic E-state index is 12.9. The van der Waals surface area contributed by atoms with Crippen LogP contribution >= 0.6 is 0 Å². The quantitative estimate of drug-likeness (QED) is 0.237. The Morgan fingerprint density at radius 1 is 1.00 bits per heavy atom. The molecule has 5 aliphatic heterocycles. The molecule has 0 aliphatic carbocycles. The van der Waals surface area contributed by atoms with E-state index in [9.17, 15) is 8.42 Å². The number of ether oxygens (including phenoxy) is 8. The van der Waals surface area contributed by atoms with Crippen LogP contribution in [0.2, 0.25) is 0 Å². The van der Waals surface area contributed by atoms with Gasteiger partial charge in [-0.05, 0) is 63.3 Å². The van der Waals surface area contributed by atoms with Gasteiger partial charge in [0.2, 0.25) is 18.3 Å². The second-order valence-corrected chi connectivity index (χ2v) is 15.2. The SMILES string of the molecule is COc1ccc2cc3[n+](cc2c1NCCCNS(=O)(=O)OC[C@@]12OC[C@H]4OC(C)(C)O[C@H]4C1OC(C)(C)O2)CCc1cc2c(cc1-3)OCO2. The molecule has 15 heteroatoms. The molecule has 3 saturated heterocycles. The summed E-state index contributed by atoms with van der Waals surface area (Å²) in [5.41, 5.74) is 4.31. The lowest BCUT2D eigenvalue weighted by Gasteiger charge is -2.40. The summed E-state index contributed by atoms with van der Waals surface area (Å²) >= 11 is 0. The first kappa shape index (κ1) is 32.9. The number of hydrogen-bond donors (Lipinski definition) is 2. The van der Waals surface area contributed by atoms with Gasteiger partial charge in [-0.2, -0.15) is 17.7 Å². The van der Waals surface area contributed by atoms with Crippen LogP contribution in [0.3, 0.4) is 0 Å². The van der Waals surface area contributed by atoms with Crippen LogP contribution in [-0.2, 0) is 51.1 Å². The van der Waals surface area contributed by atoms with Crippen molar-refractivity contribution in [1.29, 1.82) is 0 Å². The van der Waals surface area contributed by atoms with E-state index in [2.05, 4.69) is 39.0 Å². The smallest absolute Gasteiger partial charge is 0.336 e. The molecular weight excluding hydrogens is 658 g/mol. The van der Waals surface area contributed by atoms with Gasteiger partial charge in [-0.25, -0.2) is 0 Å². The standard InChI is InChI=1S/C34H41N3O11S/c1-32(2)45-28-17-43-34(31(30(28)46-32)47-33(3,4)48-34)18-44-49(38,39)36-11-6-10-35-29-23-16-37-12-9-21-14-26-27(42-19-41-26)15-22(21)24(37)13-20(23)7-8-25(29)40-5/h7-8,13-16,28,30-31,36H,6,9-12,17-19H2,1-5H3/p+1/t28-,30-,31?,34+/m1/s1. The van der Waals surface area contributed by atoms with Crippen LogP contribution < -0.4 is 28.8 Å². The molecule has 2 N–H and O–H groups in total. The van der Waals surface area contributed by atoms with E-state index in [1.807, 2.05) is 26.0 Å². The topological polar surface area (TPSA) is 145 Å². The fraction of sp³-hybridized carbons (Fsp3) is 0.559. The summed E-state index contributed by atoms with van der Waals surface area (Å²) in [5, 5.41) is 5.52. The second-order valence-electron chi connectivity index (χ2n) is 13.8. The monoisotopic (exact) mass is 700 g/mol. The number of nitrogens with one attached hydrogen (secondary N) is 2. The van der Waals surface area contributed by atoms with E-state index in [1.165, 1.54) is 5.56 Å². The van der Waals surface area contributed by atoms with Gasteiger partial charge in [0, 0.05) is 25.6 Å². The molecule has 4 atom stereocenters. The van der Waals surface area contributed by atoms with E-state index in [0.717, 1.165) is 52.2 Å². The number of benzene rings is 2. The molecule has 0 radical (unpaired) electrons. The number of methoxy groups -OCH3 is 1. The summed E-state index contributed by atoms with van der Waals surface area (Å²) in [7, 11) is -2.51. The minimum absolute atomic E-state index is 0.134. The van der Waals surface area contributed by atoms with Gasteiger partial charge < -0.3 is 43.2 Å². The number of fused-ring (bicyclic) bond motifs is 8. The first-order chi connectivity index (χ1) is 23.3. The van der Waals surface area contributed by atoms with Gasteiger partial charge >= 0.3 is 10.3 Å². The summed E-state index contributed by atoms with van der Waals surface area (Å²) < 4.78 is 83.3. The number of rotatable bonds is 10. The van der Waals surface area contributed by atoms with Crippen molar-refractivity contribution in [2.75, 3.05) is 45.5 Å². The molecular formula is C34H42N3O11S+. The average molecular weight is 701 g/mol. The number of pyridine rings is 1. The Bertz CT molecular complexity index is 1900. The first-order valence-corrected chi connectivity index (χ1v) is 18.0. The van der Waals surface area contributed by atoms with E-state index in [4.69, 9.17) is 42.1 Å². The molecule has 0 spiro atoms. The average Bonchev–Trinajstić information content (AvgIpc) is 3.73. The molecule has 8 rings (SSSR count). The third-order valence-electron chi connectivity index (χ3n) is 9.47. The Morgan fingerprint density at radius 2 is 1.82 bits per heavy atom. The van der Waals surface area contributed by atoms with E-state index >= 15 is 0 Å². The van der Waals surface area contributed by atoms with Crippen LogP contribution in [0.5, 0.6) is 17.2 Å². The molecule has 14 nitrogen and oxygen atoms in total. The Labute approximate surface area is 285 Å². The van der Waals surface area contributed by atoms with Crippen LogP contribution in [0.1, 0.15) is 39.7 Å². The van der Waals surface area contributed by atoms with E-state index in [1.54, 1.807) is 21.0 Å². The molecule has 3 fully saturated rings. The van der Waals surface area contributed by atoms with Crippen molar-refractivity contribution in [3.8, 4) is 28.5 Å². The lowest BCUT2D eigenvalue weighted by Crippen LogP contribution is -2.60. The zero-order valence-electron chi connectivity index (χ0n) is 28.2. The van der Waals surface area contributed by atoms with Gasteiger partial charge in [0.1, 0.15) is 30.7 Å². The van der Waals surface area contributed by atoms with Gasteiger partial charge in [-0.15, -0.1) is 0 Å². The van der Waals surface area contributed by atoms with Crippen molar-refractivity contribution in [3.05, 3.63) is 42.1 Å². The zero-order chi connectivity index (χ0) is 34.2. The normalized spacial score (nSPS) is 27.3. The van der Waals surface area contributed by atoms with Gasteiger partial charge in [0.05, 0.1) is 30.4 Å². The molecule has 0 amide bonds. The molecule has 5 aliphatic rings. The molecule has 1 aromatic heterocycles. The van der Waals surface area contributed by atoms with Crippen LogP contribution in [0.25, 0.3) is 22.0 Å². The number of anilines is 1.